The highest BCUT2D eigenvalue weighted by atomic mass is 32.2. The zero-order valence-electron chi connectivity index (χ0n) is 22.0. The van der Waals surface area contributed by atoms with Crippen molar-refractivity contribution in [3.05, 3.63) is 95.6 Å². The van der Waals surface area contributed by atoms with E-state index in [1.807, 2.05) is 51.1 Å². The Morgan fingerprint density at radius 2 is 1.51 bits per heavy atom. The number of carbonyl (C=O) groups is 2. The number of sulfonamides is 1. The van der Waals surface area contributed by atoms with Crippen molar-refractivity contribution in [2.75, 3.05) is 10.8 Å². The van der Waals surface area contributed by atoms with E-state index in [1.165, 1.54) is 17.0 Å². The Kier molecular flexibility index (Phi) is 9.10. The number of hydrogen-bond donors (Lipinski definition) is 1. The molecular formula is C29H35N3O4S. The van der Waals surface area contributed by atoms with Gasteiger partial charge >= 0.3 is 0 Å². The first-order valence-electron chi connectivity index (χ1n) is 12.3. The Morgan fingerprint density at radius 1 is 0.865 bits per heavy atom. The lowest BCUT2D eigenvalue weighted by Gasteiger charge is -2.32. The fourth-order valence-corrected chi connectivity index (χ4v) is 5.57. The van der Waals surface area contributed by atoms with Crippen molar-refractivity contribution in [1.82, 2.24) is 10.2 Å². The smallest absolute Gasteiger partial charge is 0.264 e. The summed E-state index contributed by atoms with van der Waals surface area (Å²) in [6.45, 7) is 8.84. The first-order valence-corrected chi connectivity index (χ1v) is 13.7. The predicted molar refractivity (Wildman–Crippen MR) is 147 cm³/mol. The van der Waals surface area contributed by atoms with Gasteiger partial charge in [0.05, 0.1) is 10.6 Å². The van der Waals surface area contributed by atoms with E-state index in [9.17, 15) is 18.0 Å². The van der Waals surface area contributed by atoms with Crippen LogP contribution in [0.25, 0.3) is 0 Å². The molecule has 2 amide bonds. The molecule has 1 atom stereocenters. The van der Waals surface area contributed by atoms with Crippen molar-refractivity contribution in [2.45, 2.75) is 58.1 Å². The minimum absolute atomic E-state index is 0.0851. The van der Waals surface area contributed by atoms with Crippen molar-refractivity contribution in [2.24, 2.45) is 0 Å². The monoisotopic (exact) mass is 521 g/mol. The normalized spacial score (nSPS) is 12.2. The molecular weight excluding hydrogens is 486 g/mol. The predicted octanol–water partition coefficient (Wildman–Crippen LogP) is 4.44. The second kappa shape index (κ2) is 12.1. The Hall–Kier alpha value is -3.65. The minimum atomic E-state index is -4.06. The molecule has 0 radical (unpaired) electrons. The summed E-state index contributed by atoms with van der Waals surface area (Å²) in [4.78, 5) is 28.4. The minimum Gasteiger partial charge on any atom is -0.352 e. The van der Waals surface area contributed by atoms with E-state index in [1.54, 1.807) is 50.2 Å². The van der Waals surface area contributed by atoms with Crippen LogP contribution in [-0.4, -0.2) is 43.8 Å². The third-order valence-corrected chi connectivity index (χ3v) is 7.80. The summed E-state index contributed by atoms with van der Waals surface area (Å²) in [6, 6.07) is 21.9. The van der Waals surface area contributed by atoms with E-state index in [0.717, 1.165) is 15.4 Å². The van der Waals surface area contributed by atoms with Gasteiger partial charge in [0.15, 0.2) is 0 Å². The number of amides is 2. The van der Waals surface area contributed by atoms with Gasteiger partial charge in [-0.15, -0.1) is 0 Å². The van der Waals surface area contributed by atoms with Crippen LogP contribution in [0.1, 0.15) is 37.5 Å². The van der Waals surface area contributed by atoms with Gasteiger partial charge in [0.25, 0.3) is 10.0 Å². The highest BCUT2D eigenvalue weighted by molar-refractivity contribution is 7.92. The van der Waals surface area contributed by atoms with Gasteiger partial charge in [-0.2, -0.15) is 0 Å². The SMILES string of the molecule is Cc1cccc(CN(C(=O)CN(c2ccccc2C)S(=O)(=O)c2ccccc2)[C@@H](C)C(=O)NC(C)C)c1. The molecule has 0 aliphatic heterocycles. The van der Waals surface area contributed by atoms with E-state index in [2.05, 4.69) is 5.32 Å². The van der Waals surface area contributed by atoms with Crippen molar-refractivity contribution in [3.63, 3.8) is 0 Å². The Labute approximate surface area is 220 Å². The fourth-order valence-electron chi connectivity index (χ4n) is 4.07. The van der Waals surface area contributed by atoms with Crippen molar-refractivity contribution in [3.8, 4) is 0 Å². The van der Waals surface area contributed by atoms with E-state index >= 15 is 0 Å². The van der Waals surface area contributed by atoms with Crippen molar-refractivity contribution >= 4 is 27.5 Å². The molecule has 3 rings (SSSR count). The summed E-state index contributed by atoms with van der Waals surface area (Å²) in [5.74, 6) is -0.778. The number of aryl methyl sites for hydroxylation is 2. The standard InChI is InChI=1S/C29H35N3O4S/c1-21(2)30-29(34)24(5)31(19-25-14-11-12-22(3)18-25)28(33)20-32(27-17-10-9-13-23(27)4)37(35,36)26-15-7-6-8-16-26/h6-18,21,24H,19-20H2,1-5H3,(H,30,34)/t24-/m0/s1. The third-order valence-electron chi connectivity index (χ3n) is 6.03. The zero-order chi connectivity index (χ0) is 27.2. The topological polar surface area (TPSA) is 86.8 Å². The van der Waals surface area contributed by atoms with Crippen LogP contribution in [0.3, 0.4) is 0 Å². The number of carbonyl (C=O) groups excluding carboxylic acids is 2. The molecule has 0 aliphatic carbocycles. The van der Waals surface area contributed by atoms with Gasteiger partial charge in [0, 0.05) is 12.6 Å². The molecule has 0 heterocycles. The van der Waals surface area contributed by atoms with Gasteiger partial charge in [-0.05, 0) is 63.9 Å². The summed E-state index contributed by atoms with van der Waals surface area (Å²) in [5.41, 5.74) is 3.00. The van der Waals surface area contributed by atoms with Gasteiger partial charge in [-0.1, -0.05) is 66.2 Å². The molecule has 0 fully saturated rings. The van der Waals surface area contributed by atoms with Crippen LogP contribution in [0.15, 0.2) is 83.8 Å². The Bertz CT molecular complexity index is 1340. The molecule has 7 nitrogen and oxygen atoms in total. The lowest BCUT2D eigenvalue weighted by Crippen LogP contribution is -2.52. The van der Waals surface area contributed by atoms with Gasteiger partial charge in [0.1, 0.15) is 12.6 Å². The summed E-state index contributed by atoms with van der Waals surface area (Å²) in [6.07, 6.45) is 0. The lowest BCUT2D eigenvalue weighted by molar-refractivity contribution is -0.139. The van der Waals surface area contributed by atoms with Crippen LogP contribution < -0.4 is 9.62 Å². The van der Waals surface area contributed by atoms with E-state index < -0.39 is 28.5 Å². The molecule has 0 spiro atoms. The highest BCUT2D eigenvalue weighted by Crippen LogP contribution is 2.27. The zero-order valence-corrected chi connectivity index (χ0v) is 22.8. The molecule has 8 heteroatoms. The molecule has 0 unspecified atom stereocenters. The second-order valence-electron chi connectivity index (χ2n) is 9.46. The Morgan fingerprint density at radius 3 is 2.14 bits per heavy atom. The first-order chi connectivity index (χ1) is 17.5. The van der Waals surface area contributed by atoms with E-state index in [-0.39, 0.29) is 23.4 Å². The van der Waals surface area contributed by atoms with Crippen LogP contribution >= 0.6 is 0 Å². The average Bonchev–Trinajstić information content (AvgIpc) is 2.86. The molecule has 0 saturated carbocycles. The van der Waals surface area contributed by atoms with Gasteiger partial charge in [0.2, 0.25) is 11.8 Å². The maximum atomic E-state index is 13.9. The molecule has 0 saturated heterocycles. The number of nitrogens with one attached hydrogen (secondary N) is 1. The van der Waals surface area contributed by atoms with Crippen molar-refractivity contribution in [1.29, 1.82) is 0 Å². The largest absolute Gasteiger partial charge is 0.352 e. The molecule has 37 heavy (non-hydrogen) atoms. The quantitative estimate of drug-likeness (QED) is 0.427. The maximum absolute atomic E-state index is 13.9. The van der Waals surface area contributed by atoms with Crippen LogP contribution in [0.2, 0.25) is 0 Å². The number of rotatable bonds is 10. The maximum Gasteiger partial charge on any atom is 0.264 e. The van der Waals surface area contributed by atoms with E-state index in [4.69, 9.17) is 0 Å². The van der Waals surface area contributed by atoms with Gasteiger partial charge in [-0.25, -0.2) is 8.42 Å². The van der Waals surface area contributed by atoms with Gasteiger partial charge in [-0.3, -0.25) is 13.9 Å². The lowest BCUT2D eigenvalue weighted by atomic mass is 10.1. The number of anilines is 1. The molecule has 0 aromatic heterocycles. The highest BCUT2D eigenvalue weighted by Gasteiger charge is 2.33. The summed E-state index contributed by atoms with van der Waals surface area (Å²) < 4.78 is 28.7. The van der Waals surface area contributed by atoms with Crippen LogP contribution in [0.5, 0.6) is 0 Å². The van der Waals surface area contributed by atoms with Crippen LogP contribution in [0, 0.1) is 13.8 Å². The van der Waals surface area contributed by atoms with Gasteiger partial charge < -0.3 is 10.2 Å². The number of benzene rings is 3. The molecule has 196 valence electrons. The second-order valence-corrected chi connectivity index (χ2v) is 11.3. The van der Waals surface area contributed by atoms with Crippen molar-refractivity contribution < 1.29 is 18.0 Å². The third kappa shape index (κ3) is 6.98. The molecule has 3 aromatic carbocycles. The first kappa shape index (κ1) is 27.9. The molecule has 0 bridgehead atoms. The number of hydrogen-bond acceptors (Lipinski definition) is 4. The summed E-state index contributed by atoms with van der Waals surface area (Å²) in [5, 5.41) is 2.86. The number of para-hydroxylation sites is 1. The molecule has 3 aromatic rings. The molecule has 1 N–H and O–H groups in total. The number of nitrogens with zero attached hydrogens (tertiary/aromatic N) is 2. The summed E-state index contributed by atoms with van der Waals surface area (Å²) in [7, 11) is -4.06. The van der Waals surface area contributed by atoms with Crippen LogP contribution in [-0.2, 0) is 26.2 Å². The van der Waals surface area contributed by atoms with Crippen LogP contribution in [0.4, 0.5) is 5.69 Å². The molecule has 0 aliphatic rings. The summed E-state index contributed by atoms with van der Waals surface area (Å²) >= 11 is 0. The fraction of sp³-hybridized carbons (Fsp3) is 0.310. The van der Waals surface area contributed by atoms with E-state index in [0.29, 0.717) is 11.3 Å². The average molecular weight is 522 g/mol. The Balaban J connectivity index is 2.03.